The Morgan fingerprint density at radius 3 is 2.74 bits per heavy atom. The van der Waals surface area contributed by atoms with Gasteiger partial charge < -0.3 is 15.2 Å². The molecule has 1 amide bonds. The van der Waals surface area contributed by atoms with Crippen LogP contribution in [-0.2, 0) is 16.0 Å². The number of carbonyl (C=O) groups is 2. The zero-order valence-electron chi connectivity index (χ0n) is 13.6. The van der Waals surface area contributed by atoms with Crippen molar-refractivity contribution in [1.82, 2.24) is 10.2 Å². The largest absolute Gasteiger partial charge is 0.497 e. The average molecular weight is 320 g/mol. The highest BCUT2D eigenvalue weighted by atomic mass is 16.5. The van der Waals surface area contributed by atoms with Crippen molar-refractivity contribution >= 4 is 11.9 Å². The van der Waals surface area contributed by atoms with Crippen LogP contribution >= 0.6 is 0 Å². The molecule has 2 N–H and O–H groups in total. The number of aliphatic carboxylic acids is 1. The lowest BCUT2D eigenvalue weighted by molar-refractivity contribution is -0.139. The number of hydrogen-bond acceptors (Lipinski definition) is 4. The van der Waals surface area contributed by atoms with Gasteiger partial charge in [0.15, 0.2) is 0 Å². The second kappa shape index (κ2) is 7.97. The molecule has 1 fully saturated rings. The molecule has 0 bridgehead atoms. The summed E-state index contributed by atoms with van der Waals surface area (Å²) in [6.07, 6.45) is 1.95. The fourth-order valence-corrected chi connectivity index (χ4v) is 2.92. The first-order chi connectivity index (χ1) is 11.0. The highest BCUT2D eigenvalue weighted by molar-refractivity contribution is 5.79. The molecule has 1 aliphatic rings. The van der Waals surface area contributed by atoms with E-state index in [1.54, 1.807) is 7.11 Å². The highest BCUT2D eigenvalue weighted by Crippen LogP contribution is 2.25. The summed E-state index contributed by atoms with van der Waals surface area (Å²) in [5.41, 5.74) is 0.916. The van der Waals surface area contributed by atoms with E-state index in [0.717, 1.165) is 24.2 Å². The quantitative estimate of drug-likeness (QED) is 0.754. The third-order valence-corrected chi connectivity index (χ3v) is 4.24. The smallest absolute Gasteiger partial charge is 0.317 e. The van der Waals surface area contributed by atoms with Crippen molar-refractivity contribution in [3.63, 3.8) is 0 Å². The molecule has 0 unspecified atom stereocenters. The van der Waals surface area contributed by atoms with E-state index in [0.29, 0.717) is 13.0 Å². The van der Waals surface area contributed by atoms with Crippen LogP contribution in [0.25, 0.3) is 0 Å². The minimum absolute atomic E-state index is 0.0111. The lowest BCUT2D eigenvalue weighted by Gasteiger charge is -2.42. The molecule has 1 aromatic rings. The van der Waals surface area contributed by atoms with E-state index in [-0.39, 0.29) is 24.5 Å². The van der Waals surface area contributed by atoms with Gasteiger partial charge in [-0.2, -0.15) is 0 Å². The molecule has 1 aliphatic carbocycles. The van der Waals surface area contributed by atoms with Crippen LogP contribution in [0.5, 0.6) is 5.75 Å². The summed E-state index contributed by atoms with van der Waals surface area (Å²) in [4.78, 5) is 24.8. The number of methoxy groups -OCH3 is 1. The van der Waals surface area contributed by atoms with Crippen LogP contribution in [0.1, 0.15) is 25.3 Å². The number of benzene rings is 1. The number of nitrogens with one attached hydrogen (secondary N) is 1. The van der Waals surface area contributed by atoms with Crippen LogP contribution in [0.15, 0.2) is 24.3 Å². The van der Waals surface area contributed by atoms with Crippen molar-refractivity contribution in [2.24, 2.45) is 0 Å². The minimum atomic E-state index is -0.808. The summed E-state index contributed by atoms with van der Waals surface area (Å²) in [7, 11) is 1.60. The van der Waals surface area contributed by atoms with Gasteiger partial charge in [-0.15, -0.1) is 0 Å². The van der Waals surface area contributed by atoms with E-state index in [9.17, 15) is 9.59 Å². The number of nitrogens with zero attached hydrogens (tertiary/aromatic N) is 1. The first-order valence-electron chi connectivity index (χ1n) is 7.90. The molecule has 0 radical (unpaired) electrons. The van der Waals surface area contributed by atoms with Crippen molar-refractivity contribution in [2.45, 2.75) is 38.3 Å². The Labute approximate surface area is 136 Å². The second-order valence-corrected chi connectivity index (χ2v) is 5.87. The maximum absolute atomic E-state index is 12.1. The maximum Gasteiger partial charge on any atom is 0.317 e. The molecule has 0 aliphatic heterocycles. The molecule has 2 rings (SSSR count). The first kappa shape index (κ1) is 17.3. The summed E-state index contributed by atoms with van der Waals surface area (Å²) in [5, 5.41) is 11.9. The number of ether oxygens (including phenoxy) is 1. The number of carbonyl (C=O) groups excluding carboxylic acids is 1. The molecule has 0 saturated heterocycles. The van der Waals surface area contributed by atoms with Crippen LogP contribution in [0, 0.1) is 0 Å². The fraction of sp³-hybridized carbons (Fsp3) is 0.529. The Kier molecular flexibility index (Phi) is 5.98. The van der Waals surface area contributed by atoms with Gasteiger partial charge in [-0.3, -0.25) is 14.5 Å². The van der Waals surface area contributed by atoms with Gasteiger partial charge in [0.2, 0.25) is 5.91 Å². The number of hydrogen-bond donors (Lipinski definition) is 2. The molecule has 1 saturated carbocycles. The third kappa shape index (κ3) is 4.96. The topological polar surface area (TPSA) is 78.9 Å². The highest BCUT2D eigenvalue weighted by Gasteiger charge is 2.34. The van der Waals surface area contributed by atoms with Crippen molar-refractivity contribution in [2.75, 3.05) is 20.2 Å². The molecule has 0 atom stereocenters. The van der Waals surface area contributed by atoms with Crippen LogP contribution in [0.4, 0.5) is 0 Å². The van der Waals surface area contributed by atoms with E-state index >= 15 is 0 Å². The van der Waals surface area contributed by atoms with E-state index in [1.165, 1.54) is 0 Å². The summed E-state index contributed by atoms with van der Waals surface area (Å²) in [6.45, 7) is 2.73. The zero-order valence-corrected chi connectivity index (χ0v) is 13.6. The molecule has 126 valence electrons. The Morgan fingerprint density at radius 2 is 2.13 bits per heavy atom. The van der Waals surface area contributed by atoms with Gasteiger partial charge in [0.05, 0.1) is 20.1 Å². The average Bonchev–Trinajstić information content (AvgIpc) is 2.48. The predicted molar refractivity (Wildman–Crippen MR) is 86.5 cm³/mol. The van der Waals surface area contributed by atoms with Gasteiger partial charge in [0, 0.05) is 12.1 Å². The number of likely N-dealkylation sites (N-methyl/N-ethyl adjacent to an activating group) is 1. The molecular weight excluding hydrogens is 296 g/mol. The summed E-state index contributed by atoms with van der Waals surface area (Å²) < 4.78 is 5.15. The summed E-state index contributed by atoms with van der Waals surface area (Å²) >= 11 is 0. The molecule has 6 heteroatoms. The summed E-state index contributed by atoms with van der Waals surface area (Å²) in [5.74, 6) is -0.0772. The van der Waals surface area contributed by atoms with Gasteiger partial charge in [0.1, 0.15) is 5.75 Å². The minimum Gasteiger partial charge on any atom is -0.497 e. The standard InChI is InChI=1S/C17H24N2O4/c1-3-19(11-17(21)22)14-9-13(10-14)18-16(20)8-12-5-4-6-15(7-12)23-2/h4-7,13-14H,3,8-11H2,1-2H3,(H,18,20)(H,21,22). The predicted octanol–water partition coefficient (Wildman–Crippen LogP) is 1.29. The number of amides is 1. The summed E-state index contributed by atoms with van der Waals surface area (Å²) in [6, 6.07) is 7.86. The van der Waals surface area contributed by atoms with Crippen molar-refractivity contribution in [3.05, 3.63) is 29.8 Å². The number of carboxylic acids is 1. The molecule has 0 spiro atoms. The maximum atomic E-state index is 12.1. The molecule has 0 heterocycles. The third-order valence-electron chi connectivity index (χ3n) is 4.24. The van der Waals surface area contributed by atoms with Gasteiger partial charge in [-0.1, -0.05) is 19.1 Å². The zero-order chi connectivity index (χ0) is 16.8. The second-order valence-electron chi connectivity index (χ2n) is 5.87. The molecule has 1 aromatic carbocycles. The van der Waals surface area contributed by atoms with Crippen molar-refractivity contribution < 1.29 is 19.4 Å². The Bertz CT molecular complexity index is 555. The van der Waals surface area contributed by atoms with Gasteiger partial charge in [0.25, 0.3) is 0 Å². The fourth-order valence-electron chi connectivity index (χ4n) is 2.92. The molecule has 0 aromatic heterocycles. The van der Waals surface area contributed by atoms with Crippen molar-refractivity contribution in [3.8, 4) is 5.75 Å². The Hall–Kier alpha value is -2.08. The van der Waals surface area contributed by atoms with E-state index < -0.39 is 5.97 Å². The van der Waals surface area contributed by atoms with Crippen LogP contribution < -0.4 is 10.1 Å². The van der Waals surface area contributed by atoms with Crippen LogP contribution in [-0.4, -0.2) is 54.2 Å². The van der Waals surface area contributed by atoms with Crippen molar-refractivity contribution in [1.29, 1.82) is 0 Å². The monoisotopic (exact) mass is 320 g/mol. The Balaban J connectivity index is 1.76. The molecular formula is C17H24N2O4. The normalized spacial score (nSPS) is 20.0. The van der Waals surface area contributed by atoms with Crippen LogP contribution in [0.2, 0.25) is 0 Å². The van der Waals surface area contributed by atoms with Gasteiger partial charge >= 0.3 is 5.97 Å². The lowest BCUT2D eigenvalue weighted by atomic mass is 9.85. The van der Waals surface area contributed by atoms with Crippen LogP contribution in [0.3, 0.4) is 0 Å². The SMILES string of the molecule is CCN(CC(=O)O)C1CC(NC(=O)Cc2cccc(OC)c2)C1. The molecule has 23 heavy (non-hydrogen) atoms. The number of carboxylic acid groups (broad SMARTS) is 1. The van der Waals surface area contributed by atoms with E-state index in [2.05, 4.69) is 5.32 Å². The lowest BCUT2D eigenvalue weighted by Crippen LogP contribution is -2.55. The van der Waals surface area contributed by atoms with E-state index in [4.69, 9.17) is 9.84 Å². The van der Waals surface area contributed by atoms with E-state index in [1.807, 2.05) is 36.1 Å². The Morgan fingerprint density at radius 1 is 1.39 bits per heavy atom. The number of rotatable bonds is 8. The molecule has 6 nitrogen and oxygen atoms in total. The van der Waals surface area contributed by atoms with Gasteiger partial charge in [-0.05, 0) is 37.1 Å². The first-order valence-corrected chi connectivity index (χ1v) is 7.90. The van der Waals surface area contributed by atoms with Gasteiger partial charge in [-0.25, -0.2) is 0 Å².